The monoisotopic (exact) mass is 261 g/mol. The normalized spacial score (nSPS) is 15.7. The second kappa shape index (κ2) is 5.43. The average molecular weight is 261 g/mol. The molecule has 0 saturated heterocycles. The van der Waals surface area contributed by atoms with E-state index < -0.39 is 11.4 Å². The van der Waals surface area contributed by atoms with Crippen LogP contribution in [0.5, 0.6) is 0 Å². The lowest BCUT2D eigenvalue weighted by Gasteiger charge is -2.13. The van der Waals surface area contributed by atoms with Gasteiger partial charge in [-0.2, -0.15) is 0 Å². The van der Waals surface area contributed by atoms with Crippen LogP contribution >= 0.6 is 0 Å². The summed E-state index contributed by atoms with van der Waals surface area (Å²) < 4.78 is 4.68. The fourth-order valence-corrected chi connectivity index (χ4v) is 2.09. The molecule has 1 aliphatic rings. The van der Waals surface area contributed by atoms with Crippen LogP contribution in [-0.2, 0) is 27.3 Å². The number of hydrogen-bond donors (Lipinski definition) is 1. The number of aryl methyl sites for hydroxylation is 1. The van der Waals surface area contributed by atoms with Crippen LogP contribution in [0, 0.1) is 5.41 Å². The van der Waals surface area contributed by atoms with E-state index in [0.29, 0.717) is 19.4 Å². The summed E-state index contributed by atoms with van der Waals surface area (Å²) in [5.74, 6) is -0.648. The molecule has 1 N–H and O–H groups in total. The number of ether oxygens (including phenoxy) is 1. The standard InChI is InChI=1S/C15H19NO3/c1-3-11-4-6-12(7-5-11)10-16-13(17)15(8-9-15)14(18)19-2/h4-7H,3,8-10H2,1-2H3,(H,16,17). The van der Waals surface area contributed by atoms with Crippen molar-refractivity contribution in [1.29, 1.82) is 0 Å². The smallest absolute Gasteiger partial charge is 0.321 e. The lowest BCUT2D eigenvalue weighted by atomic mass is 10.1. The molecule has 0 unspecified atom stereocenters. The number of rotatable bonds is 5. The van der Waals surface area contributed by atoms with Crippen LogP contribution in [0.15, 0.2) is 24.3 Å². The molecule has 4 heteroatoms. The summed E-state index contributed by atoms with van der Waals surface area (Å²) >= 11 is 0. The molecule has 4 nitrogen and oxygen atoms in total. The number of nitrogens with one attached hydrogen (secondary N) is 1. The number of benzene rings is 1. The first kappa shape index (κ1) is 13.6. The average Bonchev–Trinajstić information content (AvgIpc) is 3.26. The van der Waals surface area contributed by atoms with Gasteiger partial charge in [-0.15, -0.1) is 0 Å². The third kappa shape index (κ3) is 2.78. The Kier molecular flexibility index (Phi) is 3.88. The van der Waals surface area contributed by atoms with E-state index in [1.807, 2.05) is 12.1 Å². The van der Waals surface area contributed by atoms with Gasteiger partial charge < -0.3 is 10.1 Å². The van der Waals surface area contributed by atoms with Gasteiger partial charge in [0, 0.05) is 6.54 Å². The topological polar surface area (TPSA) is 55.4 Å². The van der Waals surface area contributed by atoms with Crippen molar-refractivity contribution in [2.75, 3.05) is 7.11 Å². The molecule has 19 heavy (non-hydrogen) atoms. The quantitative estimate of drug-likeness (QED) is 0.649. The number of esters is 1. The van der Waals surface area contributed by atoms with E-state index in [1.54, 1.807) is 0 Å². The van der Waals surface area contributed by atoms with Gasteiger partial charge in [-0.25, -0.2) is 0 Å². The van der Waals surface area contributed by atoms with Gasteiger partial charge in [0.2, 0.25) is 5.91 Å². The van der Waals surface area contributed by atoms with Crippen molar-refractivity contribution in [3.63, 3.8) is 0 Å². The molecule has 1 aromatic carbocycles. The van der Waals surface area contributed by atoms with Gasteiger partial charge in [0.25, 0.3) is 0 Å². The number of methoxy groups -OCH3 is 1. The van der Waals surface area contributed by atoms with E-state index in [4.69, 9.17) is 0 Å². The second-order valence-corrected chi connectivity index (χ2v) is 4.93. The highest BCUT2D eigenvalue weighted by Gasteiger charge is 2.57. The van der Waals surface area contributed by atoms with Crippen LogP contribution in [0.4, 0.5) is 0 Å². The molecule has 1 fully saturated rings. The minimum Gasteiger partial charge on any atom is -0.468 e. The van der Waals surface area contributed by atoms with Crippen LogP contribution in [0.25, 0.3) is 0 Å². The Morgan fingerprint density at radius 3 is 2.26 bits per heavy atom. The Morgan fingerprint density at radius 2 is 1.79 bits per heavy atom. The van der Waals surface area contributed by atoms with E-state index in [-0.39, 0.29) is 5.91 Å². The highest BCUT2D eigenvalue weighted by atomic mass is 16.5. The van der Waals surface area contributed by atoms with Crippen LogP contribution in [-0.4, -0.2) is 19.0 Å². The summed E-state index contributed by atoms with van der Waals surface area (Å²) in [7, 11) is 1.32. The maximum absolute atomic E-state index is 12.0. The minimum atomic E-state index is -0.919. The molecule has 0 aliphatic heterocycles. The zero-order valence-electron chi connectivity index (χ0n) is 11.4. The lowest BCUT2D eigenvalue weighted by molar-refractivity contribution is -0.152. The molecule has 1 saturated carbocycles. The summed E-state index contributed by atoms with van der Waals surface area (Å²) in [6, 6.07) is 8.09. The zero-order valence-corrected chi connectivity index (χ0v) is 11.4. The van der Waals surface area contributed by atoms with Crippen molar-refractivity contribution >= 4 is 11.9 Å². The molecule has 1 aliphatic carbocycles. The SMILES string of the molecule is CCc1ccc(CNC(=O)C2(C(=O)OC)CC2)cc1. The van der Waals surface area contributed by atoms with Gasteiger partial charge in [-0.05, 0) is 30.4 Å². The van der Waals surface area contributed by atoms with Gasteiger partial charge in [0.1, 0.15) is 5.41 Å². The highest BCUT2D eigenvalue weighted by molar-refractivity contribution is 6.05. The van der Waals surface area contributed by atoms with E-state index in [1.165, 1.54) is 12.7 Å². The number of carbonyl (C=O) groups excluding carboxylic acids is 2. The largest absolute Gasteiger partial charge is 0.468 e. The Labute approximate surface area is 113 Å². The Balaban J connectivity index is 1.91. The first-order chi connectivity index (χ1) is 9.12. The molecule has 2 rings (SSSR count). The maximum atomic E-state index is 12.0. The molecule has 1 aromatic rings. The second-order valence-electron chi connectivity index (χ2n) is 4.93. The highest BCUT2D eigenvalue weighted by Crippen LogP contribution is 2.46. The van der Waals surface area contributed by atoms with Crippen molar-refractivity contribution < 1.29 is 14.3 Å². The predicted octanol–water partition coefficient (Wildman–Crippen LogP) is 1.82. The number of hydrogen-bond acceptors (Lipinski definition) is 3. The van der Waals surface area contributed by atoms with Crippen molar-refractivity contribution in [1.82, 2.24) is 5.32 Å². The van der Waals surface area contributed by atoms with Crippen molar-refractivity contribution in [2.45, 2.75) is 32.7 Å². The summed E-state index contributed by atoms with van der Waals surface area (Å²) in [6.07, 6.45) is 2.17. The minimum absolute atomic E-state index is 0.223. The summed E-state index contributed by atoms with van der Waals surface area (Å²) in [6.45, 7) is 2.55. The van der Waals surface area contributed by atoms with Crippen molar-refractivity contribution in [3.05, 3.63) is 35.4 Å². The lowest BCUT2D eigenvalue weighted by Crippen LogP contribution is -2.37. The molecule has 0 heterocycles. The molecule has 1 amide bonds. The zero-order chi connectivity index (χ0) is 13.9. The van der Waals surface area contributed by atoms with Gasteiger partial charge in [-0.1, -0.05) is 31.2 Å². The summed E-state index contributed by atoms with van der Waals surface area (Å²) in [5.41, 5.74) is 1.38. The Morgan fingerprint density at radius 1 is 1.21 bits per heavy atom. The van der Waals surface area contributed by atoms with Gasteiger partial charge in [0.05, 0.1) is 7.11 Å². The first-order valence-corrected chi connectivity index (χ1v) is 6.57. The molecular formula is C15H19NO3. The first-order valence-electron chi connectivity index (χ1n) is 6.57. The van der Waals surface area contributed by atoms with Gasteiger partial charge in [-0.3, -0.25) is 9.59 Å². The van der Waals surface area contributed by atoms with E-state index in [2.05, 4.69) is 29.1 Å². The van der Waals surface area contributed by atoms with E-state index >= 15 is 0 Å². The molecule has 102 valence electrons. The van der Waals surface area contributed by atoms with Crippen LogP contribution in [0.2, 0.25) is 0 Å². The van der Waals surface area contributed by atoms with Gasteiger partial charge >= 0.3 is 5.97 Å². The third-order valence-electron chi connectivity index (χ3n) is 3.65. The van der Waals surface area contributed by atoms with E-state index in [0.717, 1.165) is 12.0 Å². The third-order valence-corrected chi connectivity index (χ3v) is 3.65. The van der Waals surface area contributed by atoms with Crippen LogP contribution in [0.1, 0.15) is 30.9 Å². The summed E-state index contributed by atoms with van der Waals surface area (Å²) in [5, 5.41) is 2.81. The van der Waals surface area contributed by atoms with Crippen LogP contribution < -0.4 is 5.32 Å². The fraction of sp³-hybridized carbons (Fsp3) is 0.467. The summed E-state index contributed by atoms with van der Waals surface area (Å²) in [4.78, 5) is 23.6. The van der Waals surface area contributed by atoms with Gasteiger partial charge in [0.15, 0.2) is 0 Å². The Bertz CT molecular complexity index is 475. The van der Waals surface area contributed by atoms with Crippen molar-refractivity contribution in [2.24, 2.45) is 5.41 Å². The number of amides is 1. The Hall–Kier alpha value is -1.84. The molecule has 0 atom stereocenters. The maximum Gasteiger partial charge on any atom is 0.321 e. The molecule has 0 bridgehead atoms. The predicted molar refractivity (Wildman–Crippen MR) is 71.3 cm³/mol. The number of carbonyl (C=O) groups is 2. The molecule has 0 radical (unpaired) electrons. The molecule has 0 spiro atoms. The van der Waals surface area contributed by atoms with E-state index in [9.17, 15) is 9.59 Å². The van der Waals surface area contributed by atoms with Crippen molar-refractivity contribution in [3.8, 4) is 0 Å². The molecular weight excluding hydrogens is 242 g/mol. The van der Waals surface area contributed by atoms with Crippen LogP contribution in [0.3, 0.4) is 0 Å². The molecule has 0 aromatic heterocycles. The fourth-order valence-electron chi connectivity index (χ4n) is 2.09.